The van der Waals surface area contributed by atoms with Gasteiger partial charge >= 0.3 is 5.97 Å². The van der Waals surface area contributed by atoms with E-state index in [2.05, 4.69) is 0 Å². The van der Waals surface area contributed by atoms with E-state index in [1.165, 1.54) is 0 Å². The molecule has 0 saturated carbocycles. The van der Waals surface area contributed by atoms with Crippen LogP contribution in [0.1, 0.15) is 25.3 Å². The second-order valence-corrected chi connectivity index (χ2v) is 4.20. The minimum atomic E-state index is -0.188. The van der Waals surface area contributed by atoms with Crippen molar-refractivity contribution in [3.63, 3.8) is 0 Å². The van der Waals surface area contributed by atoms with Crippen molar-refractivity contribution in [2.24, 2.45) is 0 Å². The molecule has 0 amide bonds. The van der Waals surface area contributed by atoms with Gasteiger partial charge in [0, 0.05) is 6.42 Å². The van der Waals surface area contributed by atoms with Gasteiger partial charge in [0.15, 0.2) is 11.5 Å². The van der Waals surface area contributed by atoms with E-state index in [-0.39, 0.29) is 5.97 Å². The van der Waals surface area contributed by atoms with Crippen LogP contribution in [0.5, 0.6) is 17.2 Å². The highest BCUT2D eigenvalue weighted by atomic mass is 16.5. The van der Waals surface area contributed by atoms with Crippen molar-refractivity contribution in [3.05, 3.63) is 23.8 Å². The van der Waals surface area contributed by atoms with E-state index < -0.39 is 0 Å². The predicted octanol–water partition coefficient (Wildman–Crippen LogP) is 3.07. The molecule has 0 spiro atoms. The van der Waals surface area contributed by atoms with E-state index >= 15 is 0 Å². The lowest BCUT2D eigenvalue weighted by Crippen LogP contribution is -2.02. The molecule has 0 aliphatic heterocycles. The average molecular weight is 294 g/mol. The number of carbonyl (C=O) groups is 1. The Morgan fingerprint density at radius 3 is 2.19 bits per heavy atom. The first kappa shape index (κ1) is 16.9. The maximum absolute atomic E-state index is 11.2. The maximum Gasteiger partial charge on any atom is 0.306 e. The summed E-state index contributed by atoms with van der Waals surface area (Å²) in [6, 6.07) is 3.70. The van der Waals surface area contributed by atoms with E-state index in [1.54, 1.807) is 28.3 Å². The lowest BCUT2D eigenvalue weighted by Gasteiger charge is -2.12. The molecule has 0 fully saturated rings. The molecule has 1 aromatic carbocycles. The lowest BCUT2D eigenvalue weighted by molar-refractivity contribution is -0.142. The van der Waals surface area contributed by atoms with Crippen LogP contribution >= 0.6 is 0 Å². The van der Waals surface area contributed by atoms with Crippen LogP contribution in [0.25, 0.3) is 6.08 Å². The summed E-state index contributed by atoms with van der Waals surface area (Å²) >= 11 is 0. The van der Waals surface area contributed by atoms with Crippen molar-refractivity contribution in [3.8, 4) is 17.2 Å². The van der Waals surface area contributed by atoms with Crippen molar-refractivity contribution in [2.45, 2.75) is 19.8 Å². The van der Waals surface area contributed by atoms with E-state index in [4.69, 9.17) is 18.9 Å². The van der Waals surface area contributed by atoms with Gasteiger partial charge in [-0.1, -0.05) is 12.2 Å². The van der Waals surface area contributed by atoms with Crippen LogP contribution in [0.4, 0.5) is 0 Å². The molecule has 21 heavy (non-hydrogen) atoms. The van der Waals surface area contributed by atoms with Gasteiger partial charge in [0.2, 0.25) is 5.75 Å². The number of hydrogen-bond acceptors (Lipinski definition) is 5. The highest BCUT2D eigenvalue weighted by molar-refractivity contribution is 5.69. The van der Waals surface area contributed by atoms with Crippen LogP contribution in [-0.2, 0) is 9.53 Å². The first-order valence-corrected chi connectivity index (χ1v) is 6.78. The summed E-state index contributed by atoms with van der Waals surface area (Å²) in [5.41, 5.74) is 0.911. The first-order chi connectivity index (χ1) is 10.2. The molecule has 5 heteroatoms. The molecule has 1 rings (SSSR count). The number of rotatable bonds is 8. The van der Waals surface area contributed by atoms with E-state index in [0.717, 1.165) is 5.56 Å². The molecule has 0 radical (unpaired) electrons. The van der Waals surface area contributed by atoms with Crippen molar-refractivity contribution in [1.82, 2.24) is 0 Å². The Bertz CT molecular complexity index is 468. The summed E-state index contributed by atoms with van der Waals surface area (Å²) in [5.74, 6) is 1.57. The number of carbonyl (C=O) groups excluding carboxylic acids is 1. The first-order valence-electron chi connectivity index (χ1n) is 6.78. The standard InChI is InChI=1S/C16H22O5/c1-5-21-15(17)9-7-6-8-12-10-13(18-2)16(20-4)14(11-12)19-3/h6,8,10-11H,5,7,9H2,1-4H3/b8-6+. The Morgan fingerprint density at radius 1 is 1.10 bits per heavy atom. The summed E-state index contributed by atoms with van der Waals surface area (Å²) < 4.78 is 20.7. The van der Waals surface area contributed by atoms with Gasteiger partial charge in [-0.3, -0.25) is 4.79 Å². The molecular weight excluding hydrogens is 272 g/mol. The van der Waals surface area contributed by atoms with Gasteiger partial charge in [0.05, 0.1) is 27.9 Å². The van der Waals surface area contributed by atoms with Crippen molar-refractivity contribution >= 4 is 12.0 Å². The number of esters is 1. The zero-order valence-electron chi connectivity index (χ0n) is 13.0. The van der Waals surface area contributed by atoms with Crippen LogP contribution < -0.4 is 14.2 Å². The number of allylic oxidation sites excluding steroid dienone is 1. The second-order valence-electron chi connectivity index (χ2n) is 4.20. The van der Waals surface area contributed by atoms with Crippen LogP contribution in [0, 0.1) is 0 Å². The maximum atomic E-state index is 11.2. The third-order valence-corrected chi connectivity index (χ3v) is 2.82. The predicted molar refractivity (Wildman–Crippen MR) is 81.0 cm³/mol. The van der Waals surface area contributed by atoms with Crippen molar-refractivity contribution < 1.29 is 23.7 Å². The van der Waals surface area contributed by atoms with Crippen molar-refractivity contribution in [2.75, 3.05) is 27.9 Å². The Kier molecular flexibility index (Phi) is 7.15. The molecule has 1 aromatic rings. The van der Waals surface area contributed by atoms with Crippen molar-refractivity contribution in [1.29, 1.82) is 0 Å². The molecule has 0 aromatic heterocycles. The SMILES string of the molecule is CCOC(=O)CC/C=C/c1cc(OC)c(OC)c(OC)c1. The third-order valence-electron chi connectivity index (χ3n) is 2.82. The molecular formula is C16H22O5. The molecule has 0 heterocycles. The molecule has 0 saturated heterocycles. The van der Waals surface area contributed by atoms with E-state index in [0.29, 0.717) is 36.7 Å². The van der Waals surface area contributed by atoms with Gasteiger partial charge in [-0.2, -0.15) is 0 Å². The quantitative estimate of drug-likeness (QED) is 0.690. The molecule has 116 valence electrons. The molecule has 0 bridgehead atoms. The number of benzene rings is 1. The average Bonchev–Trinajstić information content (AvgIpc) is 2.50. The zero-order valence-corrected chi connectivity index (χ0v) is 13.0. The van der Waals surface area contributed by atoms with Crippen LogP contribution in [0.3, 0.4) is 0 Å². The van der Waals surface area contributed by atoms with Crippen LogP contribution in [0.2, 0.25) is 0 Å². The van der Waals surface area contributed by atoms with Gasteiger partial charge in [0.1, 0.15) is 0 Å². The van der Waals surface area contributed by atoms with E-state index in [9.17, 15) is 4.79 Å². The Hall–Kier alpha value is -2.17. The summed E-state index contributed by atoms with van der Waals surface area (Å²) in [6.45, 7) is 2.21. The highest BCUT2D eigenvalue weighted by Gasteiger charge is 2.11. The Labute approximate surface area is 125 Å². The number of ether oxygens (including phenoxy) is 4. The van der Waals surface area contributed by atoms with Gasteiger partial charge in [0.25, 0.3) is 0 Å². The molecule has 0 aliphatic rings. The zero-order chi connectivity index (χ0) is 15.7. The third kappa shape index (κ3) is 5.02. The summed E-state index contributed by atoms with van der Waals surface area (Å²) in [4.78, 5) is 11.2. The monoisotopic (exact) mass is 294 g/mol. The lowest BCUT2D eigenvalue weighted by atomic mass is 10.1. The minimum Gasteiger partial charge on any atom is -0.493 e. The molecule has 0 aliphatic carbocycles. The smallest absolute Gasteiger partial charge is 0.306 e. The normalized spacial score (nSPS) is 10.5. The number of methoxy groups -OCH3 is 3. The Balaban J connectivity index is 2.77. The topological polar surface area (TPSA) is 54.0 Å². The Morgan fingerprint density at radius 2 is 1.71 bits per heavy atom. The minimum absolute atomic E-state index is 0.188. The molecule has 5 nitrogen and oxygen atoms in total. The fourth-order valence-corrected chi connectivity index (χ4v) is 1.85. The fraction of sp³-hybridized carbons (Fsp3) is 0.438. The summed E-state index contributed by atoms with van der Waals surface area (Å²) in [5, 5.41) is 0. The largest absolute Gasteiger partial charge is 0.493 e. The van der Waals surface area contributed by atoms with Gasteiger partial charge in [-0.15, -0.1) is 0 Å². The number of hydrogen-bond donors (Lipinski definition) is 0. The summed E-state index contributed by atoms with van der Waals surface area (Å²) in [7, 11) is 4.71. The van der Waals surface area contributed by atoms with Gasteiger partial charge in [-0.05, 0) is 31.0 Å². The van der Waals surface area contributed by atoms with Gasteiger partial charge < -0.3 is 18.9 Å². The highest BCUT2D eigenvalue weighted by Crippen LogP contribution is 2.38. The van der Waals surface area contributed by atoms with E-state index in [1.807, 2.05) is 24.3 Å². The van der Waals surface area contributed by atoms with Gasteiger partial charge in [-0.25, -0.2) is 0 Å². The molecule has 0 atom stereocenters. The summed E-state index contributed by atoms with van der Waals surface area (Å²) in [6.07, 6.45) is 4.81. The fourth-order valence-electron chi connectivity index (χ4n) is 1.85. The molecule has 0 unspecified atom stereocenters. The van der Waals surface area contributed by atoms with Crippen LogP contribution in [-0.4, -0.2) is 33.9 Å². The van der Waals surface area contributed by atoms with Crippen LogP contribution in [0.15, 0.2) is 18.2 Å². The second kappa shape index (κ2) is 8.89. The molecule has 0 N–H and O–H groups in total.